The Hall–Kier alpha value is -3.84. The number of piperidine rings is 1. The minimum atomic E-state index is -4.01. The summed E-state index contributed by atoms with van der Waals surface area (Å²) in [6.07, 6.45) is 2.70. The van der Waals surface area contributed by atoms with Gasteiger partial charge in [-0.15, -0.1) is 0 Å². The molecule has 0 bridgehead atoms. The van der Waals surface area contributed by atoms with E-state index in [9.17, 15) is 23.3 Å². The first kappa shape index (κ1) is 24.3. The number of nitriles is 1. The Morgan fingerprint density at radius 1 is 1.17 bits per heavy atom. The number of fused-ring (bicyclic) bond motifs is 1. The van der Waals surface area contributed by atoms with Crippen LogP contribution in [0.3, 0.4) is 0 Å². The average Bonchev–Trinajstić information content (AvgIpc) is 3.30. The normalized spacial score (nSPS) is 14.5. The van der Waals surface area contributed by atoms with Gasteiger partial charge in [0.15, 0.2) is 0 Å². The third-order valence-corrected chi connectivity index (χ3v) is 7.74. The van der Waals surface area contributed by atoms with Gasteiger partial charge in [0.25, 0.3) is 15.9 Å². The molecule has 182 valence electrons. The molecule has 1 aliphatic heterocycles. The highest BCUT2D eigenvalue weighted by molar-refractivity contribution is 7.92. The van der Waals surface area contributed by atoms with Crippen LogP contribution in [0.5, 0.6) is 0 Å². The molecule has 2 heterocycles. The molecule has 0 unspecified atom stereocenters. The molecule has 9 nitrogen and oxygen atoms in total. The standard InChI is InChI=1S/C25H27N5O4S/c1-16-7-8-21(23-22(16)19(14-26)15-27-23)28-35(33,34)20-6-4-5-18(13-20)25(32)30-11-9-17(10-12-30)24(31)29(2)3/h4-8,13,15,17,27-28H,9-12H2,1-3H3. The van der Waals surface area contributed by atoms with E-state index < -0.39 is 10.0 Å². The molecule has 10 heteroatoms. The highest BCUT2D eigenvalue weighted by atomic mass is 32.2. The second-order valence-electron chi connectivity index (χ2n) is 8.93. The van der Waals surface area contributed by atoms with E-state index >= 15 is 0 Å². The van der Waals surface area contributed by atoms with Crippen LogP contribution in [0.4, 0.5) is 5.69 Å². The number of nitrogens with one attached hydrogen (secondary N) is 2. The van der Waals surface area contributed by atoms with Crippen molar-refractivity contribution in [1.82, 2.24) is 14.8 Å². The number of likely N-dealkylation sites (tertiary alicyclic amines) is 1. The van der Waals surface area contributed by atoms with Crippen LogP contribution >= 0.6 is 0 Å². The van der Waals surface area contributed by atoms with Gasteiger partial charge in [0, 0.05) is 50.2 Å². The van der Waals surface area contributed by atoms with E-state index in [0.29, 0.717) is 48.1 Å². The number of aromatic nitrogens is 1. The summed E-state index contributed by atoms with van der Waals surface area (Å²) in [5.74, 6) is -0.310. The van der Waals surface area contributed by atoms with Crippen LogP contribution < -0.4 is 4.72 Å². The fourth-order valence-corrected chi connectivity index (χ4v) is 5.59. The minimum Gasteiger partial charge on any atom is -0.358 e. The third-order valence-electron chi connectivity index (χ3n) is 6.37. The molecule has 0 spiro atoms. The molecule has 1 saturated heterocycles. The number of hydrogen-bond donors (Lipinski definition) is 2. The van der Waals surface area contributed by atoms with Gasteiger partial charge in [-0.25, -0.2) is 8.42 Å². The van der Waals surface area contributed by atoms with Crippen LogP contribution in [0.25, 0.3) is 10.9 Å². The van der Waals surface area contributed by atoms with Gasteiger partial charge in [-0.05, 0) is 49.6 Å². The second-order valence-corrected chi connectivity index (χ2v) is 10.6. The maximum atomic E-state index is 13.2. The number of amides is 2. The summed E-state index contributed by atoms with van der Waals surface area (Å²) in [7, 11) is -0.561. The highest BCUT2D eigenvalue weighted by Crippen LogP contribution is 2.30. The number of H-pyrrole nitrogens is 1. The summed E-state index contributed by atoms with van der Waals surface area (Å²) < 4.78 is 28.9. The number of carbonyl (C=O) groups is 2. The Bertz CT molecular complexity index is 1440. The van der Waals surface area contributed by atoms with Gasteiger partial charge in [0.05, 0.1) is 21.7 Å². The van der Waals surface area contributed by atoms with Crippen molar-refractivity contribution in [3.8, 4) is 6.07 Å². The molecule has 3 aromatic rings. The molecule has 1 aromatic heterocycles. The largest absolute Gasteiger partial charge is 0.358 e. The van der Waals surface area contributed by atoms with E-state index in [1.165, 1.54) is 18.2 Å². The summed E-state index contributed by atoms with van der Waals surface area (Å²) in [4.78, 5) is 31.4. The van der Waals surface area contributed by atoms with Crippen LogP contribution in [0.1, 0.15) is 34.3 Å². The number of carbonyl (C=O) groups excluding carboxylic acids is 2. The minimum absolute atomic E-state index is 0.0400. The van der Waals surface area contributed by atoms with Gasteiger partial charge < -0.3 is 14.8 Å². The fraction of sp³-hybridized carbons (Fsp3) is 0.320. The summed E-state index contributed by atoms with van der Waals surface area (Å²) >= 11 is 0. The van der Waals surface area contributed by atoms with Crippen molar-refractivity contribution in [2.75, 3.05) is 31.9 Å². The Labute approximate surface area is 204 Å². The number of benzene rings is 2. The zero-order valence-electron chi connectivity index (χ0n) is 19.8. The lowest BCUT2D eigenvalue weighted by molar-refractivity contribution is -0.134. The number of aryl methyl sites for hydroxylation is 1. The summed E-state index contributed by atoms with van der Waals surface area (Å²) in [5.41, 5.74) is 2.39. The maximum absolute atomic E-state index is 13.2. The quantitative estimate of drug-likeness (QED) is 0.565. The van der Waals surface area contributed by atoms with Crippen molar-refractivity contribution in [3.63, 3.8) is 0 Å². The van der Waals surface area contributed by atoms with Crippen molar-refractivity contribution in [1.29, 1.82) is 5.26 Å². The molecule has 2 amide bonds. The average molecular weight is 494 g/mol. The van der Waals surface area contributed by atoms with E-state index in [0.717, 1.165) is 5.56 Å². The van der Waals surface area contributed by atoms with Gasteiger partial charge in [-0.1, -0.05) is 12.1 Å². The molecule has 0 saturated carbocycles. The molecular formula is C25H27N5O4S. The lowest BCUT2D eigenvalue weighted by Crippen LogP contribution is -2.42. The first-order valence-corrected chi connectivity index (χ1v) is 12.7. The number of hydrogen-bond acceptors (Lipinski definition) is 5. The smallest absolute Gasteiger partial charge is 0.261 e. The lowest BCUT2D eigenvalue weighted by Gasteiger charge is -2.32. The van der Waals surface area contributed by atoms with E-state index in [2.05, 4.69) is 15.8 Å². The summed E-state index contributed by atoms with van der Waals surface area (Å²) in [6, 6.07) is 11.4. The molecule has 1 fully saturated rings. The monoisotopic (exact) mass is 493 g/mol. The number of anilines is 1. The van der Waals surface area contributed by atoms with E-state index in [4.69, 9.17) is 0 Å². The van der Waals surface area contributed by atoms with Crippen molar-refractivity contribution in [2.45, 2.75) is 24.7 Å². The first-order valence-electron chi connectivity index (χ1n) is 11.3. The van der Waals surface area contributed by atoms with Crippen molar-refractivity contribution in [2.24, 2.45) is 5.92 Å². The summed E-state index contributed by atoms with van der Waals surface area (Å²) in [6.45, 7) is 2.73. The topological polar surface area (TPSA) is 126 Å². The number of aromatic amines is 1. The Morgan fingerprint density at radius 3 is 2.54 bits per heavy atom. The second kappa shape index (κ2) is 9.43. The molecular weight excluding hydrogens is 466 g/mol. The first-order chi connectivity index (χ1) is 16.6. The van der Waals surface area contributed by atoms with Gasteiger partial charge >= 0.3 is 0 Å². The van der Waals surface area contributed by atoms with Crippen molar-refractivity contribution < 1.29 is 18.0 Å². The molecule has 2 aromatic carbocycles. The Balaban J connectivity index is 1.54. The Kier molecular flexibility index (Phi) is 6.54. The lowest BCUT2D eigenvalue weighted by atomic mass is 9.95. The molecule has 0 aliphatic carbocycles. The predicted octanol–water partition coefficient (Wildman–Crippen LogP) is 3.09. The van der Waals surface area contributed by atoms with Gasteiger partial charge in [-0.3, -0.25) is 14.3 Å². The van der Waals surface area contributed by atoms with Gasteiger partial charge in [-0.2, -0.15) is 5.26 Å². The summed E-state index contributed by atoms with van der Waals surface area (Å²) in [5, 5.41) is 10.0. The maximum Gasteiger partial charge on any atom is 0.261 e. The molecule has 2 N–H and O–H groups in total. The van der Waals surface area contributed by atoms with Gasteiger partial charge in [0.1, 0.15) is 6.07 Å². The third kappa shape index (κ3) is 4.72. The number of sulfonamides is 1. The number of rotatable bonds is 5. The van der Waals surface area contributed by atoms with Crippen LogP contribution in [0.15, 0.2) is 47.5 Å². The van der Waals surface area contributed by atoms with E-state index in [1.807, 2.05) is 6.92 Å². The molecule has 4 rings (SSSR count). The molecule has 0 atom stereocenters. The molecule has 1 aliphatic rings. The zero-order valence-corrected chi connectivity index (χ0v) is 20.6. The SMILES string of the molecule is Cc1ccc(NS(=O)(=O)c2cccc(C(=O)N3CCC(C(=O)N(C)C)CC3)c2)c2[nH]cc(C#N)c12. The Morgan fingerprint density at radius 2 is 1.89 bits per heavy atom. The van der Waals surface area contributed by atoms with E-state index in [1.54, 1.807) is 48.3 Å². The number of nitrogens with zero attached hydrogens (tertiary/aromatic N) is 3. The van der Waals surface area contributed by atoms with Crippen LogP contribution in [0, 0.1) is 24.2 Å². The zero-order chi connectivity index (χ0) is 25.3. The highest BCUT2D eigenvalue weighted by Gasteiger charge is 2.29. The van der Waals surface area contributed by atoms with E-state index in [-0.39, 0.29) is 28.2 Å². The molecule has 0 radical (unpaired) electrons. The van der Waals surface area contributed by atoms with Crippen LogP contribution in [0.2, 0.25) is 0 Å². The van der Waals surface area contributed by atoms with Crippen molar-refractivity contribution >= 4 is 38.4 Å². The van der Waals surface area contributed by atoms with Crippen LogP contribution in [-0.2, 0) is 14.8 Å². The van der Waals surface area contributed by atoms with Gasteiger partial charge in [0.2, 0.25) is 5.91 Å². The fourth-order valence-electron chi connectivity index (χ4n) is 4.47. The molecule has 35 heavy (non-hydrogen) atoms. The van der Waals surface area contributed by atoms with Crippen molar-refractivity contribution in [3.05, 3.63) is 59.3 Å². The predicted molar refractivity (Wildman–Crippen MR) is 132 cm³/mol. The van der Waals surface area contributed by atoms with Crippen LogP contribution in [-0.4, -0.2) is 62.2 Å².